The minimum absolute atomic E-state index is 0.0653. The monoisotopic (exact) mass is 747 g/mol. The normalized spacial score (nSPS) is 12.3. The number of carbonyl (C=O) groups excluding carboxylic acids is 2. The van der Waals surface area contributed by atoms with Crippen molar-refractivity contribution in [2.24, 2.45) is 0 Å². The lowest BCUT2D eigenvalue weighted by molar-refractivity contribution is -0.161. The molecule has 5 nitrogen and oxygen atoms in total. The van der Waals surface area contributed by atoms with Crippen molar-refractivity contribution in [3.8, 4) is 0 Å². The second-order valence-electron chi connectivity index (χ2n) is 15.8. The van der Waals surface area contributed by atoms with Gasteiger partial charge in [-0.05, 0) is 64.2 Å². The van der Waals surface area contributed by atoms with Crippen LogP contribution in [0.5, 0.6) is 0 Å². The van der Waals surface area contributed by atoms with E-state index < -0.39 is 6.10 Å². The lowest BCUT2D eigenvalue weighted by atomic mass is 10.1. The van der Waals surface area contributed by atoms with Crippen LogP contribution in [-0.4, -0.2) is 36.4 Å². The Kier molecular flexibility index (Phi) is 43.4. The maximum atomic E-state index is 12.2. The molecule has 53 heavy (non-hydrogen) atoms. The van der Waals surface area contributed by atoms with Gasteiger partial charge in [0.1, 0.15) is 6.61 Å². The van der Waals surface area contributed by atoms with Crippen LogP contribution in [0.15, 0.2) is 24.3 Å². The molecule has 1 unspecified atom stereocenters. The Morgan fingerprint density at radius 3 is 1.02 bits per heavy atom. The molecule has 1 atom stereocenters. The van der Waals surface area contributed by atoms with Crippen molar-refractivity contribution in [3.05, 3.63) is 24.3 Å². The second kappa shape index (κ2) is 44.8. The SMILES string of the molecule is CCCCCCCCC/C=C\CCCCCCCCCC(=O)OCC(CO)OC(=O)CCCCCCCCCCC/C=C\CCCCCCCCCC. The molecule has 0 aliphatic heterocycles. The number of allylic oxidation sites excluding steroid dienone is 4. The zero-order valence-corrected chi connectivity index (χ0v) is 35.5. The third-order valence-corrected chi connectivity index (χ3v) is 10.5. The van der Waals surface area contributed by atoms with E-state index in [9.17, 15) is 14.7 Å². The smallest absolute Gasteiger partial charge is 0.306 e. The van der Waals surface area contributed by atoms with Gasteiger partial charge in [-0.2, -0.15) is 0 Å². The average Bonchev–Trinajstić information content (AvgIpc) is 3.16. The molecule has 0 saturated carbocycles. The van der Waals surface area contributed by atoms with E-state index in [1.165, 1.54) is 186 Å². The van der Waals surface area contributed by atoms with Crippen LogP contribution in [0.25, 0.3) is 0 Å². The minimum atomic E-state index is -0.771. The maximum Gasteiger partial charge on any atom is 0.306 e. The van der Waals surface area contributed by atoms with Crippen molar-refractivity contribution in [1.82, 2.24) is 0 Å². The lowest BCUT2D eigenvalue weighted by Gasteiger charge is -2.15. The molecular formula is C48H90O5. The second-order valence-corrected chi connectivity index (χ2v) is 15.8. The molecule has 0 heterocycles. The van der Waals surface area contributed by atoms with E-state index in [4.69, 9.17) is 9.47 Å². The molecule has 0 bridgehead atoms. The zero-order valence-electron chi connectivity index (χ0n) is 35.5. The first-order valence-electron chi connectivity index (χ1n) is 23.4. The number of aliphatic hydroxyl groups is 1. The van der Waals surface area contributed by atoms with Gasteiger partial charge in [-0.15, -0.1) is 0 Å². The third kappa shape index (κ3) is 43.0. The van der Waals surface area contributed by atoms with Gasteiger partial charge in [0, 0.05) is 12.8 Å². The summed E-state index contributed by atoms with van der Waals surface area (Å²) in [5.41, 5.74) is 0. The summed E-state index contributed by atoms with van der Waals surface area (Å²) in [4.78, 5) is 24.4. The highest BCUT2D eigenvalue weighted by Gasteiger charge is 2.16. The van der Waals surface area contributed by atoms with Crippen molar-refractivity contribution in [1.29, 1.82) is 0 Å². The number of carbonyl (C=O) groups is 2. The lowest BCUT2D eigenvalue weighted by Crippen LogP contribution is -2.28. The van der Waals surface area contributed by atoms with Gasteiger partial charge in [-0.3, -0.25) is 9.59 Å². The summed E-state index contributed by atoms with van der Waals surface area (Å²) in [6, 6.07) is 0. The first-order valence-corrected chi connectivity index (χ1v) is 23.4. The third-order valence-electron chi connectivity index (χ3n) is 10.5. The van der Waals surface area contributed by atoms with E-state index in [2.05, 4.69) is 38.2 Å². The van der Waals surface area contributed by atoms with Crippen LogP contribution >= 0.6 is 0 Å². The quantitative estimate of drug-likeness (QED) is 0.0382. The minimum Gasteiger partial charge on any atom is -0.462 e. The molecule has 1 N–H and O–H groups in total. The Bertz CT molecular complexity index is 806. The first kappa shape index (κ1) is 51.4. The van der Waals surface area contributed by atoms with Crippen LogP contribution in [0, 0.1) is 0 Å². The van der Waals surface area contributed by atoms with Crippen molar-refractivity contribution >= 4 is 11.9 Å². The summed E-state index contributed by atoms with van der Waals surface area (Å²) in [6.45, 7) is 4.16. The van der Waals surface area contributed by atoms with E-state index in [0.717, 1.165) is 38.5 Å². The van der Waals surface area contributed by atoms with Crippen molar-refractivity contribution < 1.29 is 24.2 Å². The Hall–Kier alpha value is -1.62. The highest BCUT2D eigenvalue weighted by Crippen LogP contribution is 2.15. The van der Waals surface area contributed by atoms with Gasteiger partial charge in [0.15, 0.2) is 6.10 Å². The summed E-state index contributed by atoms with van der Waals surface area (Å²) in [5, 5.41) is 9.60. The average molecular weight is 747 g/mol. The van der Waals surface area contributed by atoms with Crippen LogP contribution in [0.1, 0.15) is 251 Å². The molecule has 0 aromatic carbocycles. The van der Waals surface area contributed by atoms with Gasteiger partial charge in [0.05, 0.1) is 6.61 Å². The fourth-order valence-electron chi connectivity index (χ4n) is 6.90. The molecule has 0 aliphatic carbocycles. The summed E-state index contributed by atoms with van der Waals surface area (Å²) in [6.07, 6.45) is 54.0. The highest BCUT2D eigenvalue weighted by atomic mass is 16.6. The molecule has 0 aromatic heterocycles. The van der Waals surface area contributed by atoms with Crippen molar-refractivity contribution in [3.63, 3.8) is 0 Å². The zero-order chi connectivity index (χ0) is 38.6. The number of hydrogen-bond donors (Lipinski definition) is 1. The summed E-state index contributed by atoms with van der Waals surface area (Å²) >= 11 is 0. The van der Waals surface area contributed by atoms with Crippen LogP contribution < -0.4 is 0 Å². The van der Waals surface area contributed by atoms with Crippen LogP contribution in [0.4, 0.5) is 0 Å². The Morgan fingerprint density at radius 1 is 0.415 bits per heavy atom. The number of unbranched alkanes of at least 4 members (excludes halogenated alkanes) is 31. The molecule has 0 saturated heterocycles. The predicted octanol–water partition coefficient (Wildman–Crippen LogP) is 15.0. The first-order chi connectivity index (χ1) is 26.1. The highest BCUT2D eigenvalue weighted by molar-refractivity contribution is 5.70. The number of esters is 2. The fraction of sp³-hybridized carbons (Fsp3) is 0.875. The molecular weight excluding hydrogens is 657 g/mol. The van der Waals surface area contributed by atoms with Crippen LogP contribution in [0.2, 0.25) is 0 Å². The number of rotatable bonds is 43. The van der Waals surface area contributed by atoms with Crippen molar-refractivity contribution in [2.75, 3.05) is 13.2 Å². The number of hydrogen-bond acceptors (Lipinski definition) is 5. The van der Waals surface area contributed by atoms with Crippen LogP contribution in [-0.2, 0) is 19.1 Å². The topological polar surface area (TPSA) is 72.8 Å². The van der Waals surface area contributed by atoms with Crippen molar-refractivity contribution in [2.45, 2.75) is 258 Å². The molecule has 312 valence electrons. The Morgan fingerprint density at radius 2 is 0.698 bits per heavy atom. The predicted molar refractivity (Wildman–Crippen MR) is 228 cm³/mol. The molecule has 0 spiro atoms. The standard InChI is InChI=1S/C48H90O5/c1-3-5-7-9-11-13-15-17-19-21-23-24-25-27-29-31-33-35-37-39-41-43-48(51)53-46(44-49)45-52-47(50)42-40-38-36-34-32-30-28-26-22-20-18-16-14-12-10-8-6-4-2/h20-23,46,49H,3-19,24-45H2,1-2H3/b22-20-,23-21-. The summed E-state index contributed by atoms with van der Waals surface area (Å²) < 4.78 is 10.7. The van der Waals surface area contributed by atoms with Gasteiger partial charge in [-0.1, -0.05) is 199 Å². The van der Waals surface area contributed by atoms with Gasteiger partial charge in [0.2, 0.25) is 0 Å². The van der Waals surface area contributed by atoms with Gasteiger partial charge in [0.25, 0.3) is 0 Å². The Balaban J connectivity index is 3.50. The molecule has 0 amide bonds. The maximum absolute atomic E-state index is 12.2. The van der Waals surface area contributed by atoms with E-state index in [-0.39, 0.29) is 25.2 Å². The van der Waals surface area contributed by atoms with Gasteiger partial charge >= 0.3 is 11.9 Å². The summed E-state index contributed by atoms with van der Waals surface area (Å²) in [7, 11) is 0. The van der Waals surface area contributed by atoms with E-state index in [1.807, 2.05) is 0 Å². The van der Waals surface area contributed by atoms with Crippen LogP contribution in [0.3, 0.4) is 0 Å². The molecule has 0 aromatic rings. The van der Waals surface area contributed by atoms with E-state index in [0.29, 0.717) is 12.8 Å². The summed E-state index contributed by atoms with van der Waals surface area (Å²) in [5.74, 6) is -0.588. The fourth-order valence-corrected chi connectivity index (χ4v) is 6.90. The molecule has 0 aliphatic rings. The van der Waals surface area contributed by atoms with Gasteiger partial charge in [-0.25, -0.2) is 0 Å². The number of aliphatic hydroxyl groups excluding tert-OH is 1. The number of ether oxygens (including phenoxy) is 2. The van der Waals surface area contributed by atoms with E-state index in [1.54, 1.807) is 0 Å². The Labute approximate surface area is 330 Å². The van der Waals surface area contributed by atoms with E-state index >= 15 is 0 Å². The molecule has 5 heteroatoms. The molecule has 0 fully saturated rings. The van der Waals surface area contributed by atoms with Gasteiger partial charge < -0.3 is 14.6 Å². The molecule has 0 radical (unpaired) electrons. The largest absolute Gasteiger partial charge is 0.462 e. The molecule has 0 rings (SSSR count).